The summed E-state index contributed by atoms with van der Waals surface area (Å²) in [6.07, 6.45) is 7.54. The van der Waals surface area contributed by atoms with E-state index in [4.69, 9.17) is 0 Å². The summed E-state index contributed by atoms with van der Waals surface area (Å²) >= 11 is 0. The Balaban J connectivity index is 2.25. The van der Waals surface area contributed by atoms with Crippen LogP contribution in [-0.2, 0) is 5.60 Å². The summed E-state index contributed by atoms with van der Waals surface area (Å²) in [6.45, 7) is 4.10. The molecule has 0 radical (unpaired) electrons. The molecule has 1 aromatic carbocycles. The van der Waals surface area contributed by atoms with Crippen molar-refractivity contribution in [3.8, 4) is 0 Å². The molecule has 1 fully saturated rings. The fourth-order valence-corrected chi connectivity index (χ4v) is 3.20. The summed E-state index contributed by atoms with van der Waals surface area (Å²) < 4.78 is 0. The molecule has 17 heavy (non-hydrogen) atoms. The van der Waals surface area contributed by atoms with Gasteiger partial charge in [0.15, 0.2) is 0 Å². The molecule has 0 aromatic heterocycles. The summed E-state index contributed by atoms with van der Waals surface area (Å²) in [5.74, 6) is 0.422. The number of aryl methyl sites for hydroxylation is 1. The van der Waals surface area contributed by atoms with Gasteiger partial charge in [-0.1, -0.05) is 49.9 Å². The summed E-state index contributed by atoms with van der Waals surface area (Å²) in [7, 11) is 0. The van der Waals surface area contributed by atoms with Crippen LogP contribution in [0.15, 0.2) is 24.3 Å². The molecule has 0 spiro atoms. The molecule has 1 heteroatoms. The van der Waals surface area contributed by atoms with E-state index in [1.165, 1.54) is 44.1 Å². The Labute approximate surface area is 105 Å². The monoisotopic (exact) mass is 232 g/mol. The van der Waals surface area contributed by atoms with Gasteiger partial charge in [0, 0.05) is 0 Å². The quantitative estimate of drug-likeness (QED) is 0.759. The van der Waals surface area contributed by atoms with Crippen LogP contribution in [0.3, 0.4) is 0 Å². The minimum Gasteiger partial charge on any atom is -0.385 e. The molecule has 0 heterocycles. The van der Waals surface area contributed by atoms with E-state index in [0.717, 1.165) is 5.56 Å². The van der Waals surface area contributed by atoms with Gasteiger partial charge in [0.1, 0.15) is 0 Å². The maximum Gasteiger partial charge on any atom is 0.0899 e. The molecule has 94 valence electrons. The Hall–Kier alpha value is -0.820. The van der Waals surface area contributed by atoms with E-state index in [9.17, 15) is 5.11 Å². The summed E-state index contributed by atoms with van der Waals surface area (Å²) in [5.41, 5.74) is 1.67. The lowest BCUT2D eigenvalue weighted by Gasteiger charge is -2.34. The van der Waals surface area contributed by atoms with E-state index in [2.05, 4.69) is 19.1 Å². The Bertz CT molecular complexity index is 360. The predicted octanol–water partition coefficient (Wildman–Crippen LogP) is 4.17. The normalized spacial score (nSPS) is 21.8. The van der Waals surface area contributed by atoms with E-state index in [1.54, 1.807) is 0 Å². The van der Waals surface area contributed by atoms with E-state index >= 15 is 0 Å². The molecule has 1 unspecified atom stereocenters. The first-order chi connectivity index (χ1) is 8.12. The average molecular weight is 232 g/mol. The zero-order valence-electron chi connectivity index (χ0n) is 11.1. The van der Waals surface area contributed by atoms with Gasteiger partial charge in [-0.15, -0.1) is 0 Å². The van der Waals surface area contributed by atoms with Crippen LogP contribution < -0.4 is 0 Å². The molecule has 1 saturated carbocycles. The molecule has 2 rings (SSSR count). The molecular weight excluding hydrogens is 208 g/mol. The van der Waals surface area contributed by atoms with Crippen molar-refractivity contribution in [2.24, 2.45) is 5.92 Å². The maximum atomic E-state index is 10.9. The summed E-state index contributed by atoms with van der Waals surface area (Å²) in [5, 5.41) is 10.9. The molecule has 0 aliphatic heterocycles. The highest BCUT2D eigenvalue weighted by Gasteiger charge is 2.34. The van der Waals surface area contributed by atoms with Gasteiger partial charge >= 0.3 is 0 Å². The lowest BCUT2D eigenvalue weighted by molar-refractivity contribution is -0.0131. The van der Waals surface area contributed by atoms with Crippen LogP contribution in [0.4, 0.5) is 0 Å². The fraction of sp³-hybridized carbons (Fsp3) is 0.625. The van der Waals surface area contributed by atoms with Crippen LogP contribution in [0, 0.1) is 12.8 Å². The molecular formula is C16H24O. The zero-order valence-corrected chi connectivity index (χ0v) is 11.1. The van der Waals surface area contributed by atoms with Gasteiger partial charge in [-0.3, -0.25) is 0 Å². The highest BCUT2D eigenvalue weighted by atomic mass is 16.3. The van der Waals surface area contributed by atoms with Crippen molar-refractivity contribution < 1.29 is 5.11 Å². The van der Waals surface area contributed by atoms with E-state index in [1.807, 2.05) is 19.1 Å². The fourth-order valence-electron chi connectivity index (χ4n) is 3.20. The van der Waals surface area contributed by atoms with Gasteiger partial charge < -0.3 is 5.11 Å². The number of hydrogen-bond acceptors (Lipinski definition) is 1. The van der Waals surface area contributed by atoms with Gasteiger partial charge in [0.2, 0.25) is 0 Å². The van der Waals surface area contributed by atoms with Crippen LogP contribution in [-0.4, -0.2) is 5.11 Å². The van der Waals surface area contributed by atoms with Crippen molar-refractivity contribution in [1.82, 2.24) is 0 Å². The molecule has 1 aliphatic carbocycles. The van der Waals surface area contributed by atoms with Crippen LogP contribution in [0.2, 0.25) is 0 Å². The molecule has 1 aliphatic rings. The van der Waals surface area contributed by atoms with Crippen LogP contribution >= 0.6 is 0 Å². The topological polar surface area (TPSA) is 20.2 Å². The molecule has 1 atom stereocenters. The Morgan fingerprint density at radius 2 is 1.65 bits per heavy atom. The van der Waals surface area contributed by atoms with Crippen molar-refractivity contribution in [1.29, 1.82) is 0 Å². The summed E-state index contributed by atoms with van der Waals surface area (Å²) in [6, 6.07) is 8.26. The third-order valence-electron chi connectivity index (χ3n) is 4.34. The van der Waals surface area contributed by atoms with Crippen molar-refractivity contribution >= 4 is 0 Å². The average Bonchev–Trinajstić information content (AvgIpc) is 2.58. The second-order valence-electron chi connectivity index (χ2n) is 5.65. The van der Waals surface area contributed by atoms with Crippen molar-refractivity contribution in [3.05, 3.63) is 35.4 Å². The Morgan fingerprint density at radius 3 is 2.24 bits per heavy atom. The highest BCUT2D eigenvalue weighted by Crippen LogP contribution is 2.39. The van der Waals surface area contributed by atoms with Gasteiger partial charge in [0.05, 0.1) is 5.60 Å². The molecule has 1 aromatic rings. The maximum absolute atomic E-state index is 10.9. The zero-order chi connectivity index (χ0) is 12.3. The Morgan fingerprint density at radius 1 is 1.06 bits per heavy atom. The molecule has 0 amide bonds. The van der Waals surface area contributed by atoms with Gasteiger partial charge in [-0.2, -0.15) is 0 Å². The predicted molar refractivity (Wildman–Crippen MR) is 71.9 cm³/mol. The number of benzene rings is 1. The second kappa shape index (κ2) is 5.22. The largest absolute Gasteiger partial charge is 0.385 e. The van der Waals surface area contributed by atoms with Gasteiger partial charge in [-0.25, -0.2) is 0 Å². The highest BCUT2D eigenvalue weighted by molar-refractivity contribution is 5.31. The first-order valence-electron chi connectivity index (χ1n) is 6.91. The number of rotatable bonds is 2. The van der Waals surface area contributed by atoms with Crippen molar-refractivity contribution in [3.63, 3.8) is 0 Å². The van der Waals surface area contributed by atoms with Gasteiger partial charge in [0.25, 0.3) is 0 Å². The minimum absolute atomic E-state index is 0.422. The molecule has 1 N–H and O–H groups in total. The Kier molecular flexibility index (Phi) is 3.88. The van der Waals surface area contributed by atoms with Crippen molar-refractivity contribution in [2.45, 2.75) is 58.0 Å². The smallest absolute Gasteiger partial charge is 0.0899 e. The number of aliphatic hydroxyl groups is 1. The summed E-state index contributed by atoms with van der Waals surface area (Å²) in [4.78, 5) is 0. The second-order valence-corrected chi connectivity index (χ2v) is 5.65. The first-order valence-corrected chi connectivity index (χ1v) is 6.91. The van der Waals surface area contributed by atoms with E-state index in [-0.39, 0.29) is 0 Å². The van der Waals surface area contributed by atoms with Gasteiger partial charge in [-0.05, 0) is 43.7 Å². The lowest BCUT2D eigenvalue weighted by atomic mass is 9.77. The molecule has 0 bridgehead atoms. The standard InChI is InChI=1S/C16H24O/c1-13-9-7-8-12-15(13)16(2,17)14-10-5-3-4-6-11-14/h7-9,12,14,17H,3-6,10-11H2,1-2H3. The molecule has 1 nitrogen and oxygen atoms in total. The SMILES string of the molecule is Cc1ccccc1C(C)(O)C1CCCCCC1. The third-order valence-corrected chi connectivity index (χ3v) is 4.34. The number of hydrogen-bond donors (Lipinski definition) is 1. The lowest BCUT2D eigenvalue weighted by Crippen LogP contribution is -2.32. The minimum atomic E-state index is -0.657. The third kappa shape index (κ3) is 2.71. The van der Waals surface area contributed by atoms with Crippen LogP contribution in [0.25, 0.3) is 0 Å². The first kappa shape index (κ1) is 12.6. The molecule has 0 saturated heterocycles. The van der Waals surface area contributed by atoms with Crippen LogP contribution in [0.5, 0.6) is 0 Å². The van der Waals surface area contributed by atoms with E-state index < -0.39 is 5.60 Å². The van der Waals surface area contributed by atoms with Crippen LogP contribution in [0.1, 0.15) is 56.6 Å². The van der Waals surface area contributed by atoms with Crippen molar-refractivity contribution in [2.75, 3.05) is 0 Å². The van der Waals surface area contributed by atoms with E-state index in [0.29, 0.717) is 5.92 Å².